The van der Waals surface area contributed by atoms with E-state index in [1.54, 1.807) is 13.8 Å². The second kappa shape index (κ2) is 33.2. The number of phenols is 1. The van der Waals surface area contributed by atoms with Gasteiger partial charge in [-0.25, -0.2) is 4.79 Å². The van der Waals surface area contributed by atoms with Gasteiger partial charge >= 0.3 is 41.8 Å². The second-order valence-corrected chi connectivity index (χ2v) is 18.7. The van der Waals surface area contributed by atoms with Gasteiger partial charge in [0.05, 0.1) is 25.3 Å². The summed E-state index contributed by atoms with van der Waals surface area (Å²) in [6.07, 6.45) is -8.32. The molecular weight excluding hydrogens is 1060 g/mol. The molecule has 0 radical (unpaired) electrons. The van der Waals surface area contributed by atoms with Gasteiger partial charge in [0.1, 0.15) is 54.1 Å². The third-order valence-corrected chi connectivity index (χ3v) is 11.2. The quantitative estimate of drug-likeness (QED) is 0.0301. The normalized spacial score (nSPS) is 14.4. The average Bonchev–Trinajstić information content (AvgIpc) is 3.32. The van der Waals surface area contributed by atoms with Crippen LogP contribution in [0.5, 0.6) is 5.75 Å². The Kier molecular flexibility index (Phi) is 28.6. The number of rotatable bonds is 37. The fraction of sp³-hybridized carbons (Fsp3) is 0.553. The van der Waals surface area contributed by atoms with Gasteiger partial charge in [0.2, 0.25) is 47.3 Å². The van der Waals surface area contributed by atoms with E-state index in [4.69, 9.17) is 15.9 Å². The number of hydrogen-bond donors (Lipinski definition) is 17. The van der Waals surface area contributed by atoms with Crippen molar-refractivity contribution in [1.82, 2.24) is 42.5 Å². The van der Waals surface area contributed by atoms with Crippen molar-refractivity contribution in [3.63, 3.8) is 0 Å². The molecule has 8 amide bonds. The molecule has 32 nitrogen and oxygen atoms in total. The lowest BCUT2D eigenvalue weighted by Crippen LogP contribution is -2.61. The predicted molar refractivity (Wildman–Crippen MR) is 265 cm³/mol. The summed E-state index contributed by atoms with van der Waals surface area (Å²) in [4.78, 5) is 190. The summed E-state index contributed by atoms with van der Waals surface area (Å²) in [6, 6.07) is -11.4. The third-order valence-electron chi connectivity index (χ3n) is 11.2. The van der Waals surface area contributed by atoms with Crippen molar-refractivity contribution in [2.75, 3.05) is 0 Å². The zero-order valence-electron chi connectivity index (χ0n) is 43.2. The Morgan fingerprint density at radius 1 is 0.405 bits per heavy atom. The first-order valence-corrected chi connectivity index (χ1v) is 24.2. The molecule has 0 spiro atoms. The summed E-state index contributed by atoms with van der Waals surface area (Å²) < 4.78 is 0. The molecule has 79 heavy (non-hydrogen) atoms. The molecule has 0 saturated carbocycles. The van der Waals surface area contributed by atoms with E-state index in [2.05, 4.69) is 37.2 Å². The molecule has 1 aromatic carbocycles. The van der Waals surface area contributed by atoms with Crippen LogP contribution in [-0.2, 0) is 78.3 Å². The summed E-state index contributed by atoms with van der Waals surface area (Å²) in [5.74, 6) is -22.5. The smallest absolute Gasteiger partial charge is 0.326 e. The fourth-order valence-electron chi connectivity index (χ4n) is 7.12. The molecule has 32 heteroatoms. The van der Waals surface area contributed by atoms with Crippen molar-refractivity contribution >= 4 is 89.0 Å². The topological polar surface area (TPSA) is 540 Å². The summed E-state index contributed by atoms with van der Waals surface area (Å²) in [5, 5.41) is 93.0. The molecule has 0 aliphatic carbocycles. The van der Waals surface area contributed by atoms with Crippen LogP contribution in [0.3, 0.4) is 0 Å². The van der Waals surface area contributed by atoms with Crippen LogP contribution in [0.4, 0.5) is 0 Å². The minimum absolute atomic E-state index is 0.199. The first-order valence-electron chi connectivity index (χ1n) is 24.2. The number of hydrogen-bond acceptors (Lipinski definition) is 17. The maximum atomic E-state index is 14.3. The number of aliphatic carboxylic acids is 7. The maximum absolute atomic E-state index is 14.3. The van der Waals surface area contributed by atoms with Gasteiger partial charge in [0.25, 0.3) is 0 Å². The fourth-order valence-corrected chi connectivity index (χ4v) is 7.12. The molecule has 0 saturated heterocycles. The molecule has 0 aliphatic rings. The van der Waals surface area contributed by atoms with Crippen molar-refractivity contribution in [2.45, 2.75) is 153 Å². The monoisotopic (exact) mass is 1130 g/mol. The number of carbonyl (C=O) groups excluding carboxylic acids is 8. The minimum atomic E-state index is -2.06. The molecule has 0 unspecified atom stereocenters. The molecule has 1 aromatic rings. The van der Waals surface area contributed by atoms with Crippen LogP contribution in [0, 0.1) is 11.8 Å². The van der Waals surface area contributed by atoms with Gasteiger partial charge in [0, 0.05) is 25.7 Å². The summed E-state index contributed by atoms with van der Waals surface area (Å²) in [6.45, 7) is 5.96. The van der Waals surface area contributed by atoms with Gasteiger partial charge in [-0.05, 0) is 55.2 Å². The van der Waals surface area contributed by atoms with Crippen molar-refractivity contribution in [2.24, 2.45) is 17.6 Å². The highest BCUT2D eigenvalue weighted by Gasteiger charge is 2.37. The Hall–Kier alpha value is -8.97. The van der Waals surface area contributed by atoms with E-state index in [1.165, 1.54) is 38.1 Å². The highest BCUT2D eigenvalue weighted by Crippen LogP contribution is 2.15. The van der Waals surface area contributed by atoms with Crippen LogP contribution in [0.1, 0.15) is 97.5 Å². The largest absolute Gasteiger partial charge is 0.508 e. The van der Waals surface area contributed by atoms with E-state index in [1.807, 2.05) is 5.32 Å². The lowest BCUT2D eigenvalue weighted by atomic mass is 9.99. The molecule has 0 heterocycles. The van der Waals surface area contributed by atoms with Crippen LogP contribution in [-0.4, -0.2) is 184 Å². The summed E-state index contributed by atoms with van der Waals surface area (Å²) in [7, 11) is 0. The van der Waals surface area contributed by atoms with Gasteiger partial charge in [-0.1, -0.05) is 39.8 Å². The van der Waals surface area contributed by atoms with Crippen molar-refractivity contribution in [1.29, 1.82) is 0 Å². The number of aromatic hydroxyl groups is 1. The maximum Gasteiger partial charge on any atom is 0.326 e. The third kappa shape index (κ3) is 26.6. The van der Waals surface area contributed by atoms with Crippen LogP contribution in [0.2, 0.25) is 0 Å². The van der Waals surface area contributed by atoms with Gasteiger partial charge in [-0.3, -0.25) is 67.1 Å². The van der Waals surface area contributed by atoms with Crippen LogP contribution in [0.15, 0.2) is 24.3 Å². The van der Waals surface area contributed by atoms with Crippen LogP contribution < -0.4 is 48.3 Å². The van der Waals surface area contributed by atoms with Crippen LogP contribution >= 0.6 is 0 Å². The van der Waals surface area contributed by atoms with Gasteiger partial charge in [-0.15, -0.1) is 0 Å². The zero-order chi connectivity index (χ0) is 60.4. The molecule has 0 aliphatic heterocycles. The van der Waals surface area contributed by atoms with E-state index in [9.17, 15) is 103 Å². The number of nitrogens with one attached hydrogen (secondary N) is 8. The number of nitrogens with two attached hydrogens (primary N) is 1. The molecule has 0 bridgehead atoms. The predicted octanol–water partition coefficient (Wildman–Crippen LogP) is -4.05. The lowest BCUT2D eigenvalue weighted by Gasteiger charge is -2.29. The molecule has 438 valence electrons. The zero-order valence-corrected chi connectivity index (χ0v) is 43.2. The summed E-state index contributed by atoms with van der Waals surface area (Å²) in [5.41, 5.74) is 5.79. The highest BCUT2D eigenvalue weighted by atomic mass is 16.4. The molecule has 9 atom stereocenters. The molecular formula is C47H67N9O23. The molecule has 1 rings (SSSR count). The minimum Gasteiger partial charge on any atom is -0.508 e. The number of carboxylic acid groups (broad SMARTS) is 7. The standard InChI is InChI=1S/C47H67N9O23/c1-20(2)15-28(43(74)55-31(47(78)79)19-37(68)69)52-42(73)27(11-14-34(62)63)50-40(71)26(10-13-33(60)61)51-44(75)29(16-22-5-7-23(57)8-6-22)54-46(77)38(21(3)4)56-45(76)30(18-36(66)67)53-41(72)25(9-12-32(58)59)49-39(70)24(48)17-35(64)65/h5-8,20-21,24-31,38,57H,9-19,48H2,1-4H3,(H,49,70)(H,50,71)(H,51,75)(H,52,73)(H,53,72)(H,54,77)(H,55,74)(H,56,76)(H,58,59)(H,60,61)(H,62,63)(H,64,65)(H,66,67)(H,68,69)(H,78,79)/t24-,25-,26-,27-,28-,29-,30-,31-,38-/m0/s1. The first-order chi connectivity index (χ1) is 36.7. The Morgan fingerprint density at radius 3 is 1.14 bits per heavy atom. The molecule has 18 N–H and O–H groups in total. The Morgan fingerprint density at radius 2 is 0.747 bits per heavy atom. The number of benzene rings is 1. The Labute approximate surface area is 449 Å². The number of amides is 8. The Balaban J connectivity index is 3.68. The number of carboxylic acids is 7. The van der Waals surface area contributed by atoms with Crippen molar-refractivity contribution in [3.05, 3.63) is 29.8 Å². The van der Waals surface area contributed by atoms with Gasteiger partial charge in [0.15, 0.2) is 0 Å². The van der Waals surface area contributed by atoms with E-state index < -0.39 is 219 Å². The van der Waals surface area contributed by atoms with Crippen LogP contribution in [0.25, 0.3) is 0 Å². The SMILES string of the molecule is CC(C)C[C@H](NC(=O)[C@H](CCC(=O)O)NC(=O)[C@H](CCC(=O)O)NC(=O)[C@H](Cc1ccc(O)cc1)NC(=O)[C@@H](NC(=O)[C@H](CC(=O)O)NC(=O)[C@H](CCC(=O)O)NC(=O)[C@@H](N)CC(=O)O)C(C)C)C(=O)N[C@@H](CC(=O)O)C(=O)O. The van der Waals surface area contributed by atoms with E-state index in [-0.39, 0.29) is 17.7 Å². The average molecular weight is 1130 g/mol. The van der Waals surface area contributed by atoms with Crippen molar-refractivity contribution in [3.8, 4) is 5.75 Å². The van der Waals surface area contributed by atoms with Crippen molar-refractivity contribution < 1.29 is 113 Å². The highest BCUT2D eigenvalue weighted by molar-refractivity contribution is 5.99. The van der Waals surface area contributed by atoms with E-state index in [0.717, 1.165) is 0 Å². The number of phenolic OH excluding ortho intramolecular Hbond substituents is 1. The Bertz CT molecular complexity index is 2420. The number of carbonyl (C=O) groups is 15. The lowest BCUT2D eigenvalue weighted by molar-refractivity contribution is -0.147. The van der Waals surface area contributed by atoms with E-state index in [0.29, 0.717) is 0 Å². The first kappa shape index (κ1) is 68.0. The van der Waals surface area contributed by atoms with E-state index >= 15 is 0 Å². The molecule has 0 fully saturated rings. The summed E-state index contributed by atoms with van der Waals surface area (Å²) >= 11 is 0. The second-order valence-electron chi connectivity index (χ2n) is 18.7. The van der Waals surface area contributed by atoms with Gasteiger partial charge in [-0.2, -0.15) is 0 Å². The van der Waals surface area contributed by atoms with Gasteiger partial charge < -0.3 is 89.1 Å². The molecule has 0 aromatic heterocycles.